The molecule has 0 spiro atoms. The Morgan fingerprint density at radius 3 is 2.58 bits per heavy atom. The van der Waals surface area contributed by atoms with Crippen LogP contribution in [0, 0.1) is 6.92 Å². The maximum Gasteiger partial charge on any atom is 0.210 e. The fourth-order valence-electron chi connectivity index (χ4n) is 2.44. The van der Waals surface area contributed by atoms with Crippen LogP contribution in [0.25, 0.3) is 0 Å². The van der Waals surface area contributed by atoms with Gasteiger partial charge in [-0.25, -0.2) is 0 Å². The number of hydrogen-bond acceptors (Lipinski definition) is 2. The van der Waals surface area contributed by atoms with Crippen molar-refractivity contribution in [2.75, 3.05) is 4.90 Å². The number of carbonyl (C=O) groups excluding carboxylic acids is 1. The van der Waals surface area contributed by atoms with E-state index in [1.807, 2.05) is 48.2 Å². The van der Waals surface area contributed by atoms with Gasteiger partial charge < -0.3 is 4.90 Å². The molecule has 2 aromatic rings. The van der Waals surface area contributed by atoms with Gasteiger partial charge in [0.05, 0.1) is 11.4 Å². The van der Waals surface area contributed by atoms with Crippen molar-refractivity contribution in [1.82, 2.24) is 0 Å². The summed E-state index contributed by atoms with van der Waals surface area (Å²) in [5.74, 6) is 0.0367. The summed E-state index contributed by atoms with van der Waals surface area (Å²) >= 11 is 0. The fourth-order valence-corrected chi connectivity index (χ4v) is 2.44. The van der Waals surface area contributed by atoms with E-state index < -0.39 is 0 Å². The summed E-state index contributed by atoms with van der Waals surface area (Å²) in [6, 6.07) is 16.1. The van der Waals surface area contributed by atoms with Crippen LogP contribution >= 0.6 is 0 Å². The van der Waals surface area contributed by atoms with Crippen molar-refractivity contribution in [3.63, 3.8) is 0 Å². The van der Waals surface area contributed by atoms with Gasteiger partial charge in [0.1, 0.15) is 0 Å². The van der Waals surface area contributed by atoms with Crippen LogP contribution in [0.2, 0.25) is 0 Å². The Kier molecular flexibility index (Phi) is 2.71. The van der Waals surface area contributed by atoms with Gasteiger partial charge in [0.25, 0.3) is 0 Å². The molecule has 0 radical (unpaired) electrons. The summed E-state index contributed by atoms with van der Waals surface area (Å²) in [5, 5.41) is 0. The van der Waals surface area contributed by atoms with E-state index in [0.29, 0.717) is 12.2 Å². The molecule has 0 saturated heterocycles. The minimum atomic E-state index is 0.0367. The molecule has 0 fully saturated rings. The van der Waals surface area contributed by atoms with Gasteiger partial charge in [-0.15, -0.1) is 0 Å². The van der Waals surface area contributed by atoms with Gasteiger partial charge in [0.2, 0.25) is 5.78 Å². The number of fused-ring (bicyclic) bond motifs is 1. The molecule has 0 aliphatic carbocycles. The Labute approximate surface area is 113 Å². The van der Waals surface area contributed by atoms with Crippen LogP contribution in [0.4, 0.5) is 5.69 Å². The second-order valence-corrected chi connectivity index (χ2v) is 4.87. The number of anilines is 1. The topological polar surface area (TPSA) is 20.3 Å². The number of aryl methyl sites for hydroxylation is 1. The fraction of sp³-hybridized carbons (Fsp3) is 0.118. The minimum absolute atomic E-state index is 0.0367. The quantitative estimate of drug-likeness (QED) is 0.756. The van der Waals surface area contributed by atoms with Crippen molar-refractivity contribution in [3.8, 4) is 0 Å². The number of benzene rings is 2. The van der Waals surface area contributed by atoms with Crippen molar-refractivity contribution < 1.29 is 4.79 Å². The van der Waals surface area contributed by atoms with Crippen molar-refractivity contribution in [1.29, 1.82) is 0 Å². The molecule has 1 aliphatic rings. The van der Waals surface area contributed by atoms with Crippen LogP contribution < -0.4 is 4.90 Å². The first-order valence-electron chi connectivity index (χ1n) is 6.32. The average Bonchev–Trinajstić information content (AvgIpc) is 2.65. The Bertz CT molecular complexity index is 658. The van der Waals surface area contributed by atoms with E-state index in [1.165, 1.54) is 5.56 Å². The lowest BCUT2D eigenvalue weighted by atomic mass is 10.1. The number of Topliss-reactive ketones (excluding diaryl/α,β-unsaturated/α-hetero) is 1. The first kappa shape index (κ1) is 11.7. The highest BCUT2D eigenvalue weighted by atomic mass is 16.1. The molecule has 2 aromatic carbocycles. The van der Waals surface area contributed by atoms with E-state index in [4.69, 9.17) is 0 Å². The third-order valence-electron chi connectivity index (χ3n) is 3.46. The first-order chi connectivity index (χ1) is 9.16. The van der Waals surface area contributed by atoms with Crippen molar-refractivity contribution >= 4 is 11.5 Å². The van der Waals surface area contributed by atoms with Crippen molar-refractivity contribution in [3.05, 3.63) is 77.5 Å². The van der Waals surface area contributed by atoms with Gasteiger partial charge in [0.15, 0.2) is 0 Å². The molecule has 2 nitrogen and oxygen atoms in total. The number of hydrogen-bond donors (Lipinski definition) is 0. The minimum Gasteiger partial charge on any atom is -0.334 e. The summed E-state index contributed by atoms with van der Waals surface area (Å²) in [6.45, 7) is 6.61. The van der Waals surface area contributed by atoms with E-state index >= 15 is 0 Å². The standard InChI is InChI=1S/C17H15NO/c1-12-8-9-16-15(10-12)17(19)13(2)18(16)11-14-6-4-3-5-7-14/h3-10H,2,11H2,1H3. The molecule has 1 aliphatic heterocycles. The third kappa shape index (κ3) is 1.95. The largest absolute Gasteiger partial charge is 0.334 e. The average molecular weight is 249 g/mol. The second-order valence-electron chi connectivity index (χ2n) is 4.87. The van der Waals surface area contributed by atoms with Gasteiger partial charge in [0, 0.05) is 12.1 Å². The van der Waals surface area contributed by atoms with E-state index in [9.17, 15) is 4.79 Å². The Morgan fingerprint density at radius 2 is 1.84 bits per heavy atom. The molecule has 0 N–H and O–H groups in total. The lowest BCUT2D eigenvalue weighted by Crippen LogP contribution is -2.18. The van der Waals surface area contributed by atoms with Gasteiger partial charge in [-0.3, -0.25) is 4.79 Å². The summed E-state index contributed by atoms with van der Waals surface area (Å²) in [7, 11) is 0. The van der Waals surface area contributed by atoms with E-state index in [2.05, 4.69) is 18.7 Å². The van der Waals surface area contributed by atoms with Gasteiger partial charge in [-0.05, 0) is 24.6 Å². The lowest BCUT2D eigenvalue weighted by molar-refractivity contribution is 0.103. The van der Waals surface area contributed by atoms with Crippen LogP contribution in [0.5, 0.6) is 0 Å². The zero-order chi connectivity index (χ0) is 13.4. The summed E-state index contributed by atoms with van der Waals surface area (Å²) in [4.78, 5) is 14.2. The maximum absolute atomic E-state index is 12.2. The SMILES string of the molecule is C=C1C(=O)c2cc(C)ccc2N1Cc1ccccc1. The molecule has 1 heterocycles. The van der Waals surface area contributed by atoms with Crippen LogP contribution in [0.3, 0.4) is 0 Å². The Morgan fingerprint density at radius 1 is 1.11 bits per heavy atom. The van der Waals surface area contributed by atoms with Gasteiger partial charge in [-0.1, -0.05) is 48.5 Å². The van der Waals surface area contributed by atoms with Gasteiger partial charge >= 0.3 is 0 Å². The number of nitrogens with zero attached hydrogens (tertiary/aromatic N) is 1. The number of allylic oxidation sites excluding steroid dienone is 1. The summed E-state index contributed by atoms with van der Waals surface area (Å²) < 4.78 is 0. The zero-order valence-electron chi connectivity index (χ0n) is 10.9. The van der Waals surface area contributed by atoms with Crippen molar-refractivity contribution in [2.45, 2.75) is 13.5 Å². The smallest absolute Gasteiger partial charge is 0.210 e. The highest BCUT2D eigenvalue weighted by Gasteiger charge is 2.30. The summed E-state index contributed by atoms with van der Waals surface area (Å²) in [6.07, 6.45) is 0. The normalized spacial score (nSPS) is 13.8. The molecule has 3 rings (SSSR count). The molecule has 0 aromatic heterocycles. The molecule has 94 valence electrons. The second kappa shape index (κ2) is 4.39. The van der Waals surface area contributed by atoms with Gasteiger partial charge in [-0.2, -0.15) is 0 Å². The molecule has 0 unspecified atom stereocenters. The van der Waals surface area contributed by atoms with Crippen LogP contribution in [-0.4, -0.2) is 5.78 Å². The van der Waals surface area contributed by atoms with Crippen molar-refractivity contribution in [2.24, 2.45) is 0 Å². The monoisotopic (exact) mass is 249 g/mol. The molecular formula is C17H15NO. The van der Waals surface area contributed by atoms with E-state index in [1.54, 1.807) is 0 Å². The molecule has 19 heavy (non-hydrogen) atoms. The zero-order valence-corrected chi connectivity index (χ0v) is 10.9. The number of rotatable bonds is 2. The van der Waals surface area contributed by atoms with Crippen LogP contribution in [0.15, 0.2) is 60.8 Å². The third-order valence-corrected chi connectivity index (χ3v) is 3.46. The predicted octanol–water partition coefficient (Wildman–Crippen LogP) is 3.71. The molecule has 0 bridgehead atoms. The van der Waals surface area contributed by atoms with Crippen LogP contribution in [-0.2, 0) is 6.54 Å². The highest BCUT2D eigenvalue weighted by Crippen LogP contribution is 2.35. The Hall–Kier alpha value is -2.35. The molecular weight excluding hydrogens is 234 g/mol. The number of ketones is 1. The maximum atomic E-state index is 12.2. The highest BCUT2D eigenvalue weighted by molar-refractivity contribution is 6.18. The molecule has 0 atom stereocenters. The van der Waals surface area contributed by atoms with E-state index in [-0.39, 0.29) is 5.78 Å². The molecule has 0 saturated carbocycles. The van der Waals surface area contributed by atoms with Crippen LogP contribution in [0.1, 0.15) is 21.5 Å². The molecule has 2 heteroatoms. The summed E-state index contributed by atoms with van der Waals surface area (Å²) in [5.41, 5.74) is 4.56. The predicted molar refractivity (Wildman–Crippen MR) is 77.3 cm³/mol. The number of carbonyl (C=O) groups is 1. The lowest BCUT2D eigenvalue weighted by Gasteiger charge is -2.19. The first-order valence-corrected chi connectivity index (χ1v) is 6.32. The molecule has 0 amide bonds. The Balaban J connectivity index is 2.00. The van der Waals surface area contributed by atoms with E-state index in [0.717, 1.165) is 16.8 Å².